The fourth-order valence-electron chi connectivity index (χ4n) is 2.42. The van der Waals surface area contributed by atoms with Gasteiger partial charge in [-0.25, -0.2) is 0 Å². The topological polar surface area (TPSA) is 66.0 Å². The number of hydrogen-bond donors (Lipinski definition) is 2. The average molecular weight is 244 g/mol. The van der Waals surface area contributed by atoms with Gasteiger partial charge in [0, 0.05) is 5.56 Å². The maximum absolute atomic E-state index is 10.8. The first kappa shape index (κ1) is 12.4. The summed E-state index contributed by atoms with van der Waals surface area (Å²) < 4.78 is 0. The van der Waals surface area contributed by atoms with E-state index in [0.717, 1.165) is 22.3 Å². The van der Waals surface area contributed by atoms with Crippen molar-refractivity contribution in [2.24, 2.45) is 0 Å². The van der Waals surface area contributed by atoms with Crippen LogP contribution >= 0.6 is 0 Å². The van der Waals surface area contributed by atoms with Gasteiger partial charge in [0.2, 0.25) is 0 Å². The molecule has 4 heteroatoms. The van der Waals surface area contributed by atoms with Crippen LogP contribution in [0.2, 0.25) is 0 Å². The Bertz CT molecular complexity index is 577. The van der Waals surface area contributed by atoms with Crippen molar-refractivity contribution in [3.63, 3.8) is 0 Å². The lowest BCUT2D eigenvalue weighted by molar-refractivity contribution is -0.136. The normalized spacial score (nSPS) is 10.6. The molecule has 0 bridgehead atoms. The minimum Gasteiger partial charge on any atom is -0.481 e. The van der Waals surface area contributed by atoms with E-state index in [2.05, 4.69) is 29.3 Å². The van der Waals surface area contributed by atoms with Gasteiger partial charge in [0.05, 0.1) is 18.3 Å². The maximum atomic E-state index is 10.8. The maximum Gasteiger partial charge on any atom is 0.309 e. The number of rotatable bonds is 3. The third-order valence-corrected chi connectivity index (χ3v) is 2.99. The highest BCUT2D eigenvalue weighted by molar-refractivity contribution is 5.78. The number of aromatic amines is 1. The van der Waals surface area contributed by atoms with Crippen LogP contribution in [0.4, 0.5) is 0 Å². The summed E-state index contributed by atoms with van der Waals surface area (Å²) in [5.41, 5.74) is 6.09. The number of nitrogens with zero attached hydrogens (tertiary/aromatic N) is 1. The molecule has 0 aliphatic carbocycles. The van der Waals surface area contributed by atoms with Crippen LogP contribution in [0, 0.1) is 20.8 Å². The summed E-state index contributed by atoms with van der Waals surface area (Å²) >= 11 is 0. The number of hydrogen-bond acceptors (Lipinski definition) is 2. The molecule has 4 nitrogen and oxygen atoms in total. The zero-order valence-corrected chi connectivity index (χ0v) is 10.7. The Morgan fingerprint density at radius 2 is 1.89 bits per heavy atom. The highest BCUT2D eigenvalue weighted by atomic mass is 16.4. The number of aromatic nitrogens is 2. The van der Waals surface area contributed by atoms with Crippen LogP contribution in [0.25, 0.3) is 11.1 Å². The SMILES string of the molecule is Cc1cc(C)c(-c2cn[nH]c2CC(=O)O)c(C)c1. The molecule has 1 aromatic heterocycles. The lowest BCUT2D eigenvalue weighted by Crippen LogP contribution is -2.02. The standard InChI is InChI=1S/C14H16N2O2/c1-8-4-9(2)14(10(3)5-8)11-7-15-16-12(11)6-13(17)18/h4-5,7H,6H2,1-3H3,(H,15,16)(H,17,18). The van der Waals surface area contributed by atoms with E-state index >= 15 is 0 Å². The van der Waals surface area contributed by atoms with Crippen molar-refractivity contribution in [1.29, 1.82) is 0 Å². The predicted octanol–water partition coefficient (Wildman–Crippen LogP) is 2.63. The first-order chi connectivity index (χ1) is 8.49. The Morgan fingerprint density at radius 1 is 1.28 bits per heavy atom. The predicted molar refractivity (Wildman–Crippen MR) is 69.6 cm³/mol. The number of aryl methyl sites for hydroxylation is 3. The molecular weight excluding hydrogens is 228 g/mol. The first-order valence-electron chi connectivity index (χ1n) is 5.81. The van der Waals surface area contributed by atoms with Gasteiger partial charge in [0.1, 0.15) is 0 Å². The summed E-state index contributed by atoms with van der Waals surface area (Å²) in [6.45, 7) is 6.12. The van der Waals surface area contributed by atoms with Gasteiger partial charge in [0.25, 0.3) is 0 Å². The molecule has 1 heterocycles. The molecule has 0 aliphatic rings. The van der Waals surface area contributed by atoms with E-state index in [-0.39, 0.29) is 6.42 Å². The van der Waals surface area contributed by atoms with Gasteiger partial charge in [-0.15, -0.1) is 0 Å². The number of carboxylic acids is 1. The number of carbonyl (C=O) groups is 1. The van der Waals surface area contributed by atoms with Gasteiger partial charge in [-0.1, -0.05) is 17.7 Å². The quantitative estimate of drug-likeness (QED) is 0.872. The molecule has 1 aromatic carbocycles. The molecule has 0 unspecified atom stereocenters. The molecule has 0 fully saturated rings. The van der Waals surface area contributed by atoms with Gasteiger partial charge >= 0.3 is 5.97 Å². The molecule has 0 spiro atoms. The Hall–Kier alpha value is -2.10. The van der Waals surface area contributed by atoms with Crippen molar-refractivity contribution < 1.29 is 9.90 Å². The van der Waals surface area contributed by atoms with Gasteiger partial charge in [-0.05, 0) is 37.5 Å². The summed E-state index contributed by atoms with van der Waals surface area (Å²) in [4.78, 5) is 10.8. The molecule has 0 amide bonds. The van der Waals surface area contributed by atoms with Gasteiger partial charge in [0.15, 0.2) is 0 Å². The van der Waals surface area contributed by atoms with E-state index in [1.54, 1.807) is 6.20 Å². The molecule has 0 saturated heterocycles. The largest absolute Gasteiger partial charge is 0.481 e. The molecule has 0 atom stereocenters. The third kappa shape index (κ3) is 2.27. The smallest absolute Gasteiger partial charge is 0.309 e. The second kappa shape index (κ2) is 4.64. The Kier molecular flexibility index (Phi) is 3.19. The van der Waals surface area contributed by atoms with Crippen LogP contribution in [0.5, 0.6) is 0 Å². The molecule has 2 N–H and O–H groups in total. The van der Waals surface area contributed by atoms with Crippen molar-refractivity contribution in [1.82, 2.24) is 10.2 Å². The van der Waals surface area contributed by atoms with Crippen molar-refractivity contribution in [3.8, 4) is 11.1 Å². The van der Waals surface area contributed by atoms with Gasteiger partial charge < -0.3 is 5.11 Å². The van der Waals surface area contributed by atoms with Crippen LogP contribution in [-0.4, -0.2) is 21.3 Å². The number of carboxylic acid groups (broad SMARTS) is 1. The summed E-state index contributed by atoms with van der Waals surface area (Å²) in [5.74, 6) is -0.858. The number of H-pyrrole nitrogens is 1. The van der Waals surface area contributed by atoms with Crippen LogP contribution in [0.3, 0.4) is 0 Å². The number of nitrogens with one attached hydrogen (secondary N) is 1. The zero-order chi connectivity index (χ0) is 13.3. The zero-order valence-electron chi connectivity index (χ0n) is 10.7. The molecule has 2 aromatic rings. The fourth-order valence-corrected chi connectivity index (χ4v) is 2.42. The molecule has 0 saturated carbocycles. The second-order valence-corrected chi connectivity index (χ2v) is 4.61. The van der Waals surface area contributed by atoms with E-state index in [1.165, 1.54) is 5.56 Å². The lowest BCUT2D eigenvalue weighted by atomic mass is 9.93. The summed E-state index contributed by atoms with van der Waals surface area (Å²) in [6, 6.07) is 4.19. The molecule has 2 rings (SSSR count). The van der Waals surface area contributed by atoms with Crippen molar-refractivity contribution in [2.45, 2.75) is 27.2 Å². The molecular formula is C14H16N2O2. The fraction of sp³-hybridized carbons (Fsp3) is 0.286. The van der Waals surface area contributed by atoms with E-state index in [9.17, 15) is 4.79 Å². The molecule has 94 valence electrons. The first-order valence-corrected chi connectivity index (χ1v) is 5.81. The highest BCUT2D eigenvalue weighted by Crippen LogP contribution is 2.30. The third-order valence-electron chi connectivity index (χ3n) is 2.99. The van der Waals surface area contributed by atoms with Gasteiger partial charge in [-0.2, -0.15) is 5.10 Å². The average Bonchev–Trinajstić information content (AvgIpc) is 2.63. The lowest BCUT2D eigenvalue weighted by Gasteiger charge is -2.11. The number of benzene rings is 1. The van der Waals surface area contributed by atoms with E-state index in [1.807, 2.05) is 13.8 Å². The van der Waals surface area contributed by atoms with Crippen LogP contribution in [-0.2, 0) is 11.2 Å². The highest BCUT2D eigenvalue weighted by Gasteiger charge is 2.14. The van der Waals surface area contributed by atoms with E-state index in [0.29, 0.717) is 5.69 Å². The molecule has 18 heavy (non-hydrogen) atoms. The van der Waals surface area contributed by atoms with Crippen molar-refractivity contribution >= 4 is 5.97 Å². The van der Waals surface area contributed by atoms with Crippen LogP contribution in [0.15, 0.2) is 18.3 Å². The van der Waals surface area contributed by atoms with Crippen LogP contribution < -0.4 is 0 Å². The Labute approximate surface area is 106 Å². The summed E-state index contributed by atoms with van der Waals surface area (Å²) in [7, 11) is 0. The van der Waals surface area contributed by atoms with Gasteiger partial charge in [-0.3, -0.25) is 9.89 Å². The van der Waals surface area contributed by atoms with Crippen LogP contribution in [0.1, 0.15) is 22.4 Å². The van der Waals surface area contributed by atoms with Crippen molar-refractivity contribution in [3.05, 3.63) is 40.7 Å². The monoisotopic (exact) mass is 244 g/mol. The Morgan fingerprint density at radius 3 is 2.44 bits per heavy atom. The minimum absolute atomic E-state index is 0.0396. The summed E-state index contributed by atoms with van der Waals surface area (Å²) in [5, 5.41) is 15.6. The van der Waals surface area contributed by atoms with Crippen molar-refractivity contribution in [2.75, 3.05) is 0 Å². The molecule has 0 aliphatic heterocycles. The number of aliphatic carboxylic acids is 1. The summed E-state index contributed by atoms with van der Waals surface area (Å²) in [6.07, 6.45) is 1.66. The minimum atomic E-state index is -0.858. The second-order valence-electron chi connectivity index (χ2n) is 4.61. The van der Waals surface area contributed by atoms with E-state index < -0.39 is 5.97 Å². The Balaban J connectivity index is 2.56. The molecule has 0 radical (unpaired) electrons. The van der Waals surface area contributed by atoms with E-state index in [4.69, 9.17) is 5.11 Å².